The fraction of sp³-hybridized carbons (Fsp3) is 0.250. The molecule has 26 heavy (non-hydrogen) atoms. The maximum atomic E-state index is 12.5. The van der Waals surface area contributed by atoms with Crippen molar-refractivity contribution in [3.8, 4) is 0 Å². The van der Waals surface area contributed by atoms with E-state index >= 15 is 0 Å². The standard InChI is InChI=1S/C20H20N2O4/c1-13(23)21-16-9-7-15(8-10-16)20(25)26-18(14-5-3-2-4-6-14)19(24)22-17-11-12-17/h2-10,17-18H,11-12H2,1H3,(H,21,23)(H,22,24)/t18-/m0/s1. The first-order valence-corrected chi connectivity index (χ1v) is 8.47. The van der Waals surface area contributed by atoms with Crippen molar-refractivity contribution >= 4 is 23.5 Å². The molecule has 0 spiro atoms. The third-order valence-electron chi connectivity index (χ3n) is 3.93. The first kappa shape index (κ1) is 17.7. The van der Waals surface area contributed by atoms with Crippen LogP contribution in [-0.4, -0.2) is 23.8 Å². The van der Waals surface area contributed by atoms with Gasteiger partial charge in [-0.05, 0) is 37.1 Å². The summed E-state index contributed by atoms with van der Waals surface area (Å²) in [5.41, 5.74) is 1.51. The summed E-state index contributed by atoms with van der Waals surface area (Å²) < 4.78 is 5.50. The smallest absolute Gasteiger partial charge is 0.339 e. The second-order valence-electron chi connectivity index (χ2n) is 6.24. The van der Waals surface area contributed by atoms with Crippen molar-refractivity contribution in [2.45, 2.75) is 31.9 Å². The van der Waals surface area contributed by atoms with Crippen LogP contribution in [0.25, 0.3) is 0 Å². The average Bonchev–Trinajstić information content (AvgIpc) is 3.44. The summed E-state index contributed by atoms with van der Waals surface area (Å²) in [4.78, 5) is 36.0. The van der Waals surface area contributed by atoms with E-state index in [0.717, 1.165) is 12.8 Å². The minimum absolute atomic E-state index is 0.171. The van der Waals surface area contributed by atoms with Gasteiger partial charge in [-0.25, -0.2) is 4.79 Å². The molecule has 1 saturated carbocycles. The summed E-state index contributed by atoms with van der Waals surface area (Å²) in [6.07, 6.45) is 0.900. The zero-order chi connectivity index (χ0) is 18.5. The number of rotatable bonds is 6. The van der Waals surface area contributed by atoms with Crippen LogP contribution in [-0.2, 0) is 14.3 Å². The third kappa shape index (κ3) is 4.69. The molecule has 0 heterocycles. The first-order chi connectivity index (χ1) is 12.5. The fourth-order valence-electron chi connectivity index (χ4n) is 2.47. The highest BCUT2D eigenvalue weighted by atomic mass is 16.5. The lowest BCUT2D eigenvalue weighted by atomic mass is 10.1. The quantitative estimate of drug-likeness (QED) is 0.783. The Labute approximate surface area is 151 Å². The van der Waals surface area contributed by atoms with E-state index in [9.17, 15) is 14.4 Å². The van der Waals surface area contributed by atoms with Gasteiger partial charge >= 0.3 is 5.97 Å². The van der Waals surface area contributed by atoms with Gasteiger partial charge in [-0.3, -0.25) is 9.59 Å². The van der Waals surface area contributed by atoms with Crippen molar-refractivity contribution in [2.75, 3.05) is 5.32 Å². The molecule has 0 unspecified atom stereocenters. The minimum Gasteiger partial charge on any atom is -0.444 e. The minimum atomic E-state index is -1.00. The highest BCUT2D eigenvalue weighted by Crippen LogP contribution is 2.24. The molecule has 1 aliphatic rings. The Morgan fingerprint density at radius 2 is 1.65 bits per heavy atom. The molecule has 2 aromatic rings. The lowest BCUT2D eigenvalue weighted by Crippen LogP contribution is -2.33. The summed E-state index contributed by atoms with van der Waals surface area (Å²) in [6, 6.07) is 15.4. The Hall–Kier alpha value is -3.15. The van der Waals surface area contributed by atoms with Gasteiger partial charge in [-0.15, -0.1) is 0 Å². The van der Waals surface area contributed by atoms with Crippen LogP contribution in [0.5, 0.6) is 0 Å². The Bertz CT molecular complexity index is 798. The number of nitrogens with one attached hydrogen (secondary N) is 2. The number of esters is 1. The molecule has 0 bridgehead atoms. The summed E-state index contributed by atoms with van der Waals surface area (Å²) in [7, 11) is 0. The SMILES string of the molecule is CC(=O)Nc1ccc(C(=O)O[C@H](C(=O)NC2CC2)c2ccccc2)cc1. The molecule has 0 radical (unpaired) electrons. The Morgan fingerprint density at radius 3 is 2.23 bits per heavy atom. The average molecular weight is 352 g/mol. The van der Waals surface area contributed by atoms with Gasteiger partial charge in [0.2, 0.25) is 12.0 Å². The van der Waals surface area contributed by atoms with Crippen LogP contribution in [0.3, 0.4) is 0 Å². The molecule has 0 saturated heterocycles. The van der Waals surface area contributed by atoms with E-state index in [0.29, 0.717) is 16.8 Å². The molecular formula is C20H20N2O4. The number of carbonyl (C=O) groups is 3. The lowest BCUT2D eigenvalue weighted by Gasteiger charge is -2.18. The lowest BCUT2D eigenvalue weighted by molar-refractivity contribution is -0.130. The molecule has 2 amide bonds. The number of carbonyl (C=O) groups excluding carboxylic acids is 3. The number of ether oxygens (including phenoxy) is 1. The summed E-state index contributed by atoms with van der Waals surface area (Å²) in [5, 5.41) is 5.51. The van der Waals surface area contributed by atoms with E-state index in [2.05, 4.69) is 10.6 Å². The van der Waals surface area contributed by atoms with Crippen molar-refractivity contribution in [2.24, 2.45) is 0 Å². The highest BCUT2D eigenvalue weighted by Gasteiger charge is 2.31. The molecule has 1 aliphatic carbocycles. The van der Waals surface area contributed by atoms with Crippen molar-refractivity contribution in [1.82, 2.24) is 5.32 Å². The zero-order valence-electron chi connectivity index (χ0n) is 14.4. The molecule has 2 aromatic carbocycles. The molecule has 134 valence electrons. The van der Waals surface area contributed by atoms with Crippen molar-refractivity contribution in [1.29, 1.82) is 0 Å². The second kappa shape index (κ2) is 7.82. The van der Waals surface area contributed by atoms with Crippen LogP contribution in [0.15, 0.2) is 54.6 Å². The van der Waals surface area contributed by atoms with Gasteiger partial charge < -0.3 is 15.4 Å². The topological polar surface area (TPSA) is 84.5 Å². The van der Waals surface area contributed by atoms with E-state index in [1.165, 1.54) is 6.92 Å². The van der Waals surface area contributed by atoms with E-state index in [1.54, 1.807) is 48.5 Å². The summed E-state index contributed by atoms with van der Waals surface area (Å²) in [6.45, 7) is 1.41. The maximum absolute atomic E-state index is 12.5. The Kier molecular flexibility index (Phi) is 5.31. The third-order valence-corrected chi connectivity index (χ3v) is 3.93. The van der Waals surface area contributed by atoms with Gasteiger partial charge in [0.25, 0.3) is 5.91 Å². The van der Waals surface area contributed by atoms with Crippen LogP contribution in [0, 0.1) is 0 Å². The van der Waals surface area contributed by atoms with Gasteiger partial charge in [0.1, 0.15) is 0 Å². The highest BCUT2D eigenvalue weighted by molar-refractivity contribution is 5.94. The molecule has 1 atom stereocenters. The number of benzene rings is 2. The Morgan fingerprint density at radius 1 is 1.00 bits per heavy atom. The summed E-state index contributed by atoms with van der Waals surface area (Å²) in [5.74, 6) is -1.11. The molecule has 0 aliphatic heterocycles. The van der Waals surface area contributed by atoms with Crippen LogP contribution in [0.1, 0.15) is 41.8 Å². The van der Waals surface area contributed by atoms with Crippen LogP contribution >= 0.6 is 0 Å². The number of hydrogen-bond donors (Lipinski definition) is 2. The second-order valence-corrected chi connectivity index (χ2v) is 6.24. The largest absolute Gasteiger partial charge is 0.444 e. The van der Waals surface area contributed by atoms with Crippen molar-refractivity contribution < 1.29 is 19.1 Å². The van der Waals surface area contributed by atoms with E-state index in [4.69, 9.17) is 4.74 Å². The molecule has 2 N–H and O–H groups in total. The zero-order valence-corrected chi connectivity index (χ0v) is 14.4. The van der Waals surface area contributed by atoms with Crippen LogP contribution in [0.4, 0.5) is 5.69 Å². The Balaban J connectivity index is 1.74. The molecule has 1 fully saturated rings. The monoisotopic (exact) mass is 352 g/mol. The van der Waals surface area contributed by atoms with Gasteiger partial charge in [0.15, 0.2) is 0 Å². The predicted molar refractivity (Wildman–Crippen MR) is 96.5 cm³/mol. The number of anilines is 1. The predicted octanol–water partition coefficient (Wildman–Crippen LogP) is 2.82. The summed E-state index contributed by atoms with van der Waals surface area (Å²) >= 11 is 0. The number of hydrogen-bond acceptors (Lipinski definition) is 4. The van der Waals surface area contributed by atoms with Crippen LogP contribution in [0.2, 0.25) is 0 Å². The van der Waals surface area contributed by atoms with Crippen molar-refractivity contribution in [3.63, 3.8) is 0 Å². The molecule has 0 aromatic heterocycles. The van der Waals surface area contributed by atoms with E-state index < -0.39 is 12.1 Å². The molecule has 6 nitrogen and oxygen atoms in total. The van der Waals surface area contributed by atoms with Gasteiger partial charge in [0, 0.05) is 24.2 Å². The molecular weight excluding hydrogens is 332 g/mol. The van der Waals surface area contributed by atoms with E-state index in [1.807, 2.05) is 6.07 Å². The number of amides is 2. The van der Waals surface area contributed by atoms with E-state index in [-0.39, 0.29) is 17.9 Å². The van der Waals surface area contributed by atoms with Crippen LogP contribution < -0.4 is 10.6 Å². The van der Waals surface area contributed by atoms with Gasteiger partial charge in [0.05, 0.1) is 5.56 Å². The fourth-order valence-corrected chi connectivity index (χ4v) is 2.47. The van der Waals surface area contributed by atoms with Crippen molar-refractivity contribution in [3.05, 3.63) is 65.7 Å². The van der Waals surface area contributed by atoms with Gasteiger partial charge in [-0.2, -0.15) is 0 Å². The first-order valence-electron chi connectivity index (χ1n) is 8.47. The normalized spacial score (nSPS) is 14.2. The van der Waals surface area contributed by atoms with Gasteiger partial charge in [-0.1, -0.05) is 30.3 Å². The molecule has 6 heteroatoms. The maximum Gasteiger partial charge on any atom is 0.339 e. The molecule has 3 rings (SSSR count).